The minimum atomic E-state index is -0.684. The molecule has 0 radical (unpaired) electrons. The summed E-state index contributed by atoms with van der Waals surface area (Å²) in [6.45, 7) is 1.38. The van der Waals surface area contributed by atoms with Crippen molar-refractivity contribution >= 4 is 46.4 Å². The lowest BCUT2D eigenvalue weighted by Crippen LogP contribution is -2.39. The third-order valence-corrected chi connectivity index (χ3v) is 6.73. The van der Waals surface area contributed by atoms with E-state index in [9.17, 15) is 9.59 Å². The van der Waals surface area contributed by atoms with Gasteiger partial charge in [-0.1, -0.05) is 23.2 Å². The Bertz CT molecular complexity index is 623. The second-order valence-electron chi connectivity index (χ2n) is 6.54. The van der Waals surface area contributed by atoms with Gasteiger partial charge in [-0.2, -0.15) is 0 Å². The standard InChI is InChI=1S/C16H19Cl2NO3S/c17-12-8-10(14(18)23-12)2-1-3-13(20)19-6-4-16(5-7-19)9-11(16)15(21)22/h8,11H,1-7,9H2,(H,21,22). The summed E-state index contributed by atoms with van der Waals surface area (Å²) in [5, 5.41) is 9.09. The third kappa shape index (κ3) is 3.67. The zero-order chi connectivity index (χ0) is 16.6. The van der Waals surface area contributed by atoms with Crippen molar-refractivity contribution in [3.8, 4) is 0 Å². The first-order valence-corrected chi connectivity index (χ1v) is 9.43. The lowest BCUT2D eigenvalue weighted by molar-refractivity contribution is -0.139. The van der Waals surface area contributed by atoms with E-state index in [1.54, 1.807) is 0 Å². The number of nitrogens with zero attached hydrogens (tertiary/aromatic N) is 1. The molecule has 1 aromatic rings. The van der Waals surface area contributed by atoms with Gasteiger partial charge in [0.1, 0.15) is 0 Å². The van der Waals surface area contributed by atoms with Crippen LogP contribution in [0.25, 0.3) is 0 Å². The Morgan fingerprint density at radius 3 is 2.57 bits per heavy atom. The summed E-state index contributed by atoms with van der Waals surface area (Å²) >= 11 is 13.3. The molecule has 2 aliphatic rings. The number of carbonyl (C=O) groups is 2. The number of carboxylic acid groups (broad SMARTS) is 1. The van der Waals surface area contributed by atoms with Gasteiger partial charge >= 0.3 is 5.97 Å². The van der Waals surface area contributed by atoms with E-state index in [1.807, 2.05) is 11.0 Å². The molecule has 1 unspecified atom stereocenters. The normalized spacial score (nSPS) is 22.3. The highest BCUT2D eigenvalue weighted by Gasteiger charge is 2.59. The number of carboxylic acids is 1. The summed E-state index contributed by atoms with van der Waals surface area (Å²) in [5.74, 6) is -0.717. The van der Waals surface area contributed by atoms with E-state index >= 15 is 0 Å². The van der Waals surface area contributed by atoms with Crippen LogP contribution in [0.4, 0.5) is 0 Å². The second-order valence-corrected chi connectivity index (χ2v) is 8.83. The molecule has 3 rings (SSSR count). The van der Waals surface area contributed by atoms with Crippen molar-refractivity contribution in [1.82, 2.24) is 4.90 Å². The van der Waals surface area contributed by atoms with Gasteiger partial charge in [-0.25, -0.2) is 0 Å². The molecule has 1 N–H and O–H groups in total. The first-order valence-electron chi connectivity index (χ1n) is 7.85. The van der Waals surface area contributed by atoms with Gasteiger partial charge in [-0.15, -0.1) is 11.3 Å². The van der Waals surface area contributed by atoms with Gasteiger partial charge in [0.25, 0.3) is 0 Å². The molecule has 1 spiro atoms. The number of hydrogen-bond acceptors (Lipinski definition) is 3. The van der Waals surface area contributed by atoms with Crippen LogP contribution < -0.4 is 0 Å². The smallest absolute Gasteiger partial charge is 0.307 e. The second kappa shape index (κ2) is 6.61. The largest absolute Gasteiger partial charge is 0.481 e. The maximum atomic E-state index is 12.3. The lowest BCUT2D eigenvalue weighted by Gasteiger charge is -2.32. The number of aliphatic carboxylic acids is 1. The molecule has 4 nitrogen and oxygen atoms in total. The molecule has 1 saturated heterocycles. The van der Waals surface area contributed by atoms with Gasteiger partial charge in [-0.3, -0.25) is 9.59 Å². The predicted molar refractivity (Wildman–Crippen MR) is 91.3 cm³/mol. The minimum absolute atomic E-state index is 0.0242. The Morgan fingerprint density at radius 2 is 2.04 bits per heavy atom. The van der Waals surface area contributed by atoms with Crippen LogP contribution >= 0.6 is 34.5 Å². The van der Waals surface area contributed by atoms with Gasteiger partial charge in [-0.05, 0) is 49.1 Å². The van der Waals surface area contributed by atoms with Gasteiger partial charge < -0.3 is 10.0 Å². The SMILES string of the molecule is O=C(O)C1CC12CCN(C(=O)CCCc1cc(Cl)sc1Cl)CC2. The number of amides is 1. The van der Waals surface area contributed by atoms with Crippen LogP contribution in [0.15, 0.2) is 6.07 Å². The third-order valence-electron chi connectivity index (χ3n) is 5.16. The lowest BCUT2D eigenvalue weighted by atomic mass is 9.90. The molecule has 1 amide bonds. The molecule has 2 heterocycles. The minimum Gasteiger partial charge on any atom is -0.481 e. The van der Waals surface area contributed by atoms with E-state index in [1.165, 1.54) is 11.3 Å². The number of aryl methyl sites for hydroxylation is 1. The van der Waals surface area contributed by atoms with Crippen LogP contribution in [-0.2, 0) is 16.0 Å². The van der Waals surface area contributed by atoms with Crippen LogP contribution in [0.1, 0.15) is 37.7 Å². The number of rotatable bonds is 5. The summed E-state index contributed by atoms with van der Waals surface area (Å²) < 4.78 is 1.38. The Balaban J connectivity index is 1.42. The molecule has 126 valence electrons. The molecule has 2 fully saturated rings. The van der Waals surface area contributed by atoms with Crippen molar-refractivity contribution in [1.29, 1.82) is 0 Å². The summed E-state index contributed by atoms with van der Waals surface area (Å²) in [6, 6.07) is 1.86. The van der Waals surface area contributed by atoms with Gasteiger partial charge in [0.15, 0.2) is 0 Å². The quantitative estimate of drug-likeness (QED) is 0.842. The highest BCUT2D eigenvalue weighted by Crippen LogP contribution is 2.59. The number of piperidine rings is 1. The van der Waals surface area contributed by atoms with Crippen molar-refractivity contribution in [3.63, 3.8) is 0 Å². The van der Waals surface area contributed by atoms with Crippen molar-refractivity contribution < 1.29 is 14.7 Å². The van der Waals surface area contributed by atoms with Gasteiger partial charge in [0.05, 0.1) is 14.6 Å². The fourth-order valence-corrected chi connectivity index (χ4v) is 5.13. The summed E-state index contributed by atoms with van der Waals surface area (Å²) in [4.78, 5) is 25.2. The molecule has 7 heteroatoms. The maximum absolute atomic E-state index is 12.3. The predicted octanol–water partition coefficient (Wildman–Crippen LogP) is 4.09. The van der Waals surface area contributed by atoms with Gasteiger partial charge in [0, 0.05) is 19.5 Å². The first kappa shape index (κ1) is 17.1. The van der Waals surface area contributed by atoms with Crippen LogP contribution in [0.3, 0.4) is 0 Å². The zero-order valence-corrected chi connectivity index (χ0v) is 15.0. The fraction of sp³-hybridized carbons (Fsp3) is 0.625. The van der Waals surface area contributed by atoms with E-state index in [2.05, 4.69) is 0 Å². The molecule has 0 aromatic carbocycles. The summed E-state index contributed by atoms with van der Waals surface area (Å²) in [6.07, 6.45) is 4.43. The van der Waals surface area contributed by atoms with Crippen LogP contribution in [0, 0.1) is 11.3 Å². The monoisotopic (exact) mass is 375 g/mol. The van der Waals surface area contributed by atoms with Crippen LogP contribution in [-0.4, -0.2) is 35.0 Å². The average molecular weight is 376 g/mol. The molecule has 1 aliphatic carbocycles. The number of halogens is 2. The molecule has 1 saturated carbocycles. The Morgan fingerprint density at radius 1 is 1.35 bits per heavy atom. The van der Waals surface area contributed by atoms with Crippen molar-refractivity contribution in [2.75, 3.05) is 13.1 Å². The molecular weight excluding hydrogens is 357 g/mol. The molecule has 1 aliphatic heterocycles. The zero-order valence-electron chi connectivity index (χ0n) is 12.7. The highest BCUT2D eigenvalue weighted by molar-refractivity contribution is 7.20. The first-order chi connectivity index (χ1) is 10.9. The maximum Gasteiger partial charge on any atom is 0.307 e. The fourth-order valence-electron chi connectivity index (χ4n) is 3.58. The molecule has 1 atom stereocenters. The van der Waals surface area contributed by atoms with Gasteiger partial charge in [0.2, 0.25) is 5.91 Å². The Hall–Kier alpha value is -0.780. The van der Waals surface area contributed by atoms with E-state index < -0.39 is 5.97 Å². The summed E-state index contributed by atoms with van der Waals surface area (Å²) in [5.41, 5.74) is 0.984. The highest BCUT2D eigenvalue weighted by atomic mass is 35.5. The van der Waals surface area contributed by atoms with Crippen LogP contribution in [0.2, 0.25) is 8.67 Å². The molecule has 1 aromatic heterocycles. The molecular formula is C16H19Cl2NO3S. The van der Waals surface area contributed by atoms with E-state index in [-0.39, 0.29) is 17.2 Å². The Kier molecular flexibility index (Phi) is 4.90. The van der Waals surface area contributed by atoms with Crippen molar-refractivity contribution in [2.45, 2.75) is 38.5 Å². The van der Waals surface area contributed by atoms with Crippen LogP contribution in [0.5, 0.6) is 0 Å². The molecule has 0 bridgehead atoms. The van der Waals surface area contributed by atoms with Crippen molar-refractivity contribution in [2.24, 2.45) is 11.3 Å². The van der Waals surface area contributed by atoms with E-state index in [0.717, 1.165) is 37.7 Å². The molecule has 23 heavy (non-hydrogen) atoms. The van der Waals surface area contributed by atoms with E-state index in [4.69, 9.17) is 28.3 Å². The Labute approximate surface area is 149 Å². The van der Waals surface area contributed by atoms with Crippen molar-refractivity contribution in [3.05, 3.63) is 20.3 Å². The summed E-state index contributed by atoms with van der Waals surface area (Å²) in [7, 11) is 0. The number of thiophene rings is 1. The topological polar surface area (TPSA) is 57.6 Å². The number of hydrogen-bond donors (Lipinski definition) is 1. The van der Waals surface area contributed by atoms with E-state index in [0.29, 0.717) is 28.2 Å². The number of likely N-dealkylation sites (tertiary alicyclic amines) is 1. The average Bonchev–Trinajstić information content (AvgIpc) is 3.10. The number of carbonyl (C=O) groups excluding carboxylic acids is 1.